The largest absolute Gasteiger partial charge is 0.459 e. The summed E-state index contributed by atoms with van der Waals surface area (Å²) in [5.74, 6) is 2.07. The summed E-state index contributed by atoms with van der Waals surface area (Å²) in [5.41, 5.74) is 0. The molecule has 24 heavy (non-hydrogen) atoms. The van der Waals surface area contributed by atoms with E-state index >= 15 is 0 Å². The van der Waals surface area contributed by atoms with E-state index in [1.807, 2.05) is 11.0 Å². The fourth-order valence-electron chi connectivity index (χ4n) is 2.65. The zero-order valence-electron chi connectivity index (χ0n) is 14.1. The molecular weight excluding hydrogens is 306 g/mol. The molecular formula is C17H23N5O2. The Balaban J connectivity index is 1.60. The van der Waals surface area contributed by atoms with Crippen LogP contribution in [0.1, 0.15) is 30.8 Å². The molecule has 1 fully saturated rings. The highest BCUT2D eigenvalue weighted by molar-refractivity contribution is 5.91. The predicted molar refractivity (Wildman–Crippen MR) is 92.2 cm³/mol. The first-order valence-corrected chi connectivity index (χ1v) is 8.33. The summed E-state index contributed by atoms with van der Waals surface area (Å²) in [4.78, 5) is 24.9. The van der Waals surface area contributed by atoms with Crippen LogP contribution in [0.2, 0.25) is 0 Å². The van der Waals surface area contributed by atoms with Gasteiger partial charge in [-0.15, -0.1) is 0 Å². The van der Waals surface area contributed by atoms with Gasteiger partial charge in [-0.3, -0.25) is 4.79 Å². The van der Waals surface area contributed by atoms with Gasteiger partial charge in [0.25, 0.3) is 5.91 Å². The first-order valence-electron chi connectivity index (χ1n) is 8.33. The van der Waals surface area contributed by atoms with Crippen molar-refractivity contribution in [1.82, 2.24) is 14.9 Å². The highest BCUT2D eigenvalue weighted by Crippen LogP contribution is 2.18. The SMILES string of the molecule is CCC(C)Nc1cc(N2CCN(C(=O)c3ccco3)CC2)ncn1. The summed E-state index contributed by atoms with van der Waals surface area (Å²) >= 11 is 0. The average molecular weight is 329 g/mol. The molecule has 3 rings (SSSR count). The van der Waals surface area contributed by atoms with Gasteiger partial charge in [0, 0.05) is 38.3 Å². The van der Waals surface area contributed by atoms with Crippen molar-refractivity contribution in [2.45, 2.75) is 26.3 Å². The van der Waals surface area contributed by atoms with Gasteiger partial charge in [0.15, 0.2) is 5.76 Å². The summed E-state index contributed by atoms with van der Waals surface area (Å²) < 4.78 is 5.19. The standard InChI is InChI=1S/C17H23N5O2/c1-3-13(2)20-15-11-16(19-12-18-15)21-6-8-22(9-7-21)17(23)14-5-4-10-24-14/h4-5,10-13H,3,6-9H2,1-2H3,(H,18,19,20). The lowest BCUT2D eigenvalue weighted by molar-refractivity contribution is 0.0714. The molecule has 0 aromatic carbocycles. The lowest BCUT2D eigenvalue weighted by Gasteiger charge is -2.35. The van der Waals surface area contributed by atoms with E-state index in [0.29, 0.717) is 24.9 Å². The Morgan fingerprint density at radius 3 is 2.79 bits per heavy atom. The zero-order valence-corrected chi connectivity index (χ0v) is 14.1. The molecule has 1 aliphatic rings. The lowest BCUT2D eigenvalue weighted by Crippen LogP contribution is -2.49. The number of carbonyl (C=O) groups is 1. The Kier molecular flexibility index (Phi) is 4.98. The third-order valence-corrected chi connectivity index (χ3v) is 4.28. The van der Waals surface area contributed by atoms with E-state index in [4.69, 9.17) is 4.42 Å². The first kappa shape index (κ1) is 16.3. The third kappa shape index (κ3) is 3.67. The van der Waals surface area contributed by atoms with Crippen molar-refractivity contribution in [3.8, 4) is 0 Å². The van der Waals surface area contributed by atoms with Gasteiger partial charge < -0.3 is 19.5 Å². The lowest BCUT2D eigenvalue weighted by atomic mass is 10.2. The Hall–Kier alpha value is -2.57. The molecule has 3 heterocycles. The van der Waals surface area contributed by atoms with E-state index in [1.165, 1.54) is 6.26 Å². The van der Waals surface area contributed by atoms with Gasteiger partial charge in [0.05, 0.1) is 6.26 Å². The number of piperazine rings is 1. The number of aromatic nitrogens is 2. The molecule has 1 N–H and O–H groups in total. The van der Waals surface area contributed by atoms with Crippen LogP contribution in [0.25, 0.3) is 0 Å². The van der Waals surface area contributed by atoms with Crippen LogP contribution < -0.4 is 10.2 Å². The summed E-state index contributed by atoms with van der Waals surface area (Å²) in [7, 11) is 0. The molecule has 2 aromatic heterocycles. The first-order chi connectivity index (χ1) is 11.7. The molecule has 128 valence electrons. The summed E-state index contributed by atoms with van der Waals surface area (Å²) in [6.07, 6.45) is 4.14. The minimum Gasteiger partial charge on any atom is -0.459 e. The highest BCUT2D eigenvalue weighted by Gasteiger charge is 2.24. The van der Waals surface area contributed by atoms with Crippen molar-refractivity contribution in [2.24, 2.45) is 0 Å². The molecule has 1 saturated heterocycles. The number of nitrogens with one attached hydrogen (secondary N) is 1. The number of carbonyl (C=O) groups excluding carboxylic acids is 1. The van der Waals surface area contributed by atoms with Crippen LogP contribution >= 0.6 is 0 Å². The average Bonchev–Trinajstić information content (AvgIpc) is 3.16. The van der Waals surface area contributed by atoms with Gasteiger partial charge in [0.1, 0.15) is 18.0 Å². The van der Waals surface area contributed by atoms with E-state index in [1.54, 1.807) is 18.5 Å². The van der Waals surface area contributed by atoms with E-state index in [9.17, 15) is 4.79 Å². The van der Waals surface area contributed by atoms with Gasteiger partial charge in [0.2, 0.25) is 0 Å². The zero-order chi connectivity index (χ0) is 16.9. The van der Waals surface area contributed by atoms with Crippen LogP contribution in [0.5, 0.6) is 0 Å². The van der Waals surface area contributed by atoms with Crippen molar-refractivity contribution in [3.05, 3.63) is 36.5 Å². The second kappa shape index (κ2) is 7.33. The molecule has 0 spiro atoms. The molecule has 7 nitrogen and oxygen atoms in total. The maximum Gasteiger partial charge on any atom is 0.289 e. The normalized spacial score (nSPS) is 16.1. The van der Waals surface area contributed by atoms with Gasteiger partial charge in [-0.05, 0) is 25.5 Å². The quantitative estimate of drug-likeness (QED) is 0.907. The number of furan rings is 1. The predicted octanol–water partition coefficient (Wildman–Crippen LogP) is 2.24. The minimum atomic E-state index is -0.0542. The highest BCUT2D eigenvalue weighted by atomic mass is 16.3. The van der Waals surface area contributed by atoms with Crippen LogP contribution in [-0.4, -0.2) is 53.0 Å². The van der Waals surface area contributed by atoms with Crippen molar-refractivity contribution in [2.75, 3.05) is 36.4 Å². The summed E-state index contributed by atoms with van der Waals surface area (Å²) in [6.45, 7) is 7.05. The summed E-state index contributed by atoms with van der Waals surface area (Å²) in [5, 5.41) is 3.36. The number of nitrogens with zero attached hydrogens (tertiary/aromatic N) is 4. The second-order valence-corrected chi connectivity index (χ2v) is 5.97. The van der Waals surface area contributed by atoms with E-state index in [-0.39, 0.29) is 5.91 Å². The monoisotopic (exact) mass is 329 g/mol. The molecule has 2 aromatic rings. The Bertz CT molecular complexity index is 665. The number of amides is 1. The maximum atomic E-state index is 12.3. The minimum absolute atomic E-state index is 0.0542. The Labute approximate surface area is 141 Å². The molecule has 1 amide bonds. The van der Waals surface area contributed by atoms with Crippen molar-refractivity contribution >= 4 is 17.5 Å². The van der Waals surface area contributed by atoms with Crippen molar-refractivity contribution < 1.29 is 9.21 Å². The number of rotatable bonds is 5. The van der Waals surface area contributed by atoms with Gasteiger partial charge in [-0.1, -0.05) is 6.92 Å². The number of hydrogen-bond acceptors (Lipinski definition) is 6. The van der Waals surface area contributed by atoms with E-state index < -0.39 is 0 Å². The number of hydrogen-bond donors (Lipinski definition) is 1. The Morgan fingerprint density at radius 2 is 2.12 bits per heavy atom. The summed E-state index contributed by atoms with van der Waals surface area (Å²) in [6, 6.07) is 5.77. The fraction of sp³-hybridized carbons (Fsp3) is 0.471. The van der Waals surface area contributed by atoms with Crippen LogP contribution in [0.3, 0.4) is 0 Å². The van der Waals surface area contributed by atoms with Crippen LogP contribution in [0.4, 0.5) is 11.6 Å². The van der Waals surface area contributed by atoms with E-state index in [0.717, 1.165) is 31.1 Å². The molecule has 7 heteroatoms. The van der Waals surface area contributed by atoms with Crippen LogP contribution in [-0.2, 0) is 0 Å². The molecule has 0 aliphatic carbocycles. The molecule has 1 aliphatic heterocycles. The van der Waals surface area contributed by atoms with Crippen molar-refractivity contribution in [3.63, 3.8) is 0 Å². The second-order valence-electron chi connectivity index (χ2n) is 5.97. The molecule has 1 atom stereocenters. The smallest absolute Gasteiger partial charge is 0.289 e. The molecule has 0 radical (unpaired) electrons. The van der Waals surface area contributed by atoms with Gasteiger partial charge in [-0.2, -0.15) is 0 Å². The third-order valence-electron chi connectivity index (χ3n) is 4.28. The Morgan fingerprint density at radius 1 is 1.33 bits per heavy atom. The van der Waals surface area contributed by atoms with Gasteiger partial charge >= 0.3 is 0 Å². The molecule has 1 unspecified atom stereocenters. The fourth-order valence-corrected chi connectivity index (χ4v) is 2.65. The molecule has 0 saturated carbocycles. The van der Waals surface area contributed by atoms with E-state index in [2.05, 4.69) is 34.0 Å². The topological polar surface area (TPSA) is 74.5 Å². The van der Waals surface area contributed by atoms with Crippen molar-refractivity contribution in [1.29, 1.82) is 0 Å². The number of anilines is 2. The van der Waals surface area contributed by atoms with Gasteiger partial charge in [-0.25, -0.2) is 9.97 Å². The van der Waals surface area contributed by atoms with Crippen LogP contribution in [0, 0.1) is 0 Å². The van der Waals surface area contributed by atoms with Crippen LogP contribution in [0.15, 0.2) is 35.2 Å². The molecule has 0 bridgehead atoms. The maximum absolute atomic E-state index is 12.3.